The van der Waals surface area contributed by atoms with Gasteiger partial charge in [-0.2, -0.15) is 0 Å². The van der Waals surface area contributed by atoms with E-state index in [-0.39, 0.29) is 0 Å². The van der Waals surface area contributed by atoms with E-state index in [0.29, 0.717) is 0 Å². The lowest BCUT2D eigenvalue weighted by molar-refractivity contribution is 1.01. The van der Waals surface area contributed by atoms with Crippen LogP contribution >= 0.6 is 16.1 Å². The highest BCUT2D eigenvalue weighted by atomic mass is 79.9. The maximum Gasteiger partial charge on any atom is 0.0319 e. The molecule has 0 bridgehead atoms. The fourth-order valence-corrected chi connectivity index (χ4v) is 1.82. The molecule has 0 aromatic heterocycles. The molecule has 0 saturated carbocycles. The van der Waals surface area contributed by atoms with Crippen molar-refractivity contribution >= 4 is 26.9 Å². The smallest absolute Gasteiger partial charge is 0.0319 e. The molecule has 1 N–H and O–H groups in total. The summed E-state index contributed by atoms with van der Waals surface area (Å²) in [7, 11) is 0. The molecule has 0 aliphatic carbocycles. The Morgan fingerprint density at radius 1 is 1.00 bits per heavy atom. The largest absolute Gasteiger partial charge is 0.251 e. The zero-order valence-electron chi connectivity index (χ0n) is 7.13. The summed E-state index contributed by atoms with van der Waals surface area (Å²) in [6.07, 6.45) is 0. The van der Waals surface area contributed by atoms with Gasteiger partial charge in [-0.3, -0.25) is 4.34 Å². The van der Waals surface area contributed by atoms with Crippen LogP contribution in [0, 0.1) is 0 Å². The minimum atomic E-state index is 0.849. The van der Waals surface area contributed by atoms with E-state index in [2.05, 4.69) is 63.0 Å². The predicted octanol–water partition coefficient (Wildman–Crippen LogP) is 3.24. The molecule has 2 heteroatoms. The highest BCUT2D eigenvalue weighted by molar-refractivity contribution is 9.08. The van der Waals surface area contributed by atoms with Crippen LogP contribution in [-0.4, -0.2) is 0 Å². The van der Waals surface area contributed by atoms with Gasteiger partial charge in [0.15, 0.2) is 0 Å². The topological polar surface area (TPSA) is 12.0 Å². The summed E-state index contributed by atoms with van der Waals surface area (Å²) in [5.41, 5.74) is 1.31. The molecule has 13 heavy (non-hydrogen) atoms. The lowest BCUT2D eigenvalue weighted by atomic mass is 10.1. The van der Waals surface area contributed by atoms with Gasteiger partial charge in [0.25, 0.3) is 0 Å². The first-order valence-corrected chi connectivity index (χ1v) is 5.01. The van der Waals surface area contributed by atoms with Crippen molar-refractivity contribution in [1.29, 1.82) is 0 Å². The highest BCUT2D eigenvalue weighted by Crippen LogP contribution is 2.18. The van der Waals surface area contributed by atoms with E-state index < -0.39 is 0 Å². The molecule has 2 aromatic carbocycles. The Balaban J connectivity index is 2.61. The molecule has 0 fully saturated rings. The van der Waals surface area contributed by atoms with Crippen LogP contribution in [0.2, 0.25) is 0 Å². The minimum Gasteiger partial charge on any atom is -0.251 e. The van der Waals surface area contributed by atoms with Crippen LogP contribution in [0.3, 0.4) is 0 Å². The van der Waals surface area contributed by atoms with E-state index in [1.807, 2.05) is 0 Å². The third kappa shape index (κ3) is 1.74. The molecule has 0 radical (unpaired) electrons. The number of nitrogens with one attached hydrogen (secondary N) is 1. The lowest BCUT2D eigenvalue weighted by Gasteiger charge is -2.04. The molecule has 0 unspecified atom stereocenters. The molecular weight excluding hydrogens is 226 g/mol. The third-order valence-corrected chi connectivity index (χ3v) is 2.42. The highest BCUT2D eigenvalue weighted by Gasteiger charge is 1.97. The fourth-order valence-electron chi connectivity index (χ4n) is 1.52. The Kier molecular flexibility index (Phi) is 2.62. The van der Waals surface area contributed by atoms with Gasteiger partial charge >= 0.3 is 0 Å². The van der Waals surface area contributed by atoms with Gasteiger partial charge in [-0.05, 0) is 16.3 Å². The first-order chi connectivity index (χ1) is 6.42. The zero-order chi connectivity index (χ0) is 9.10. The van der Waals surface area contributed by atoms with Crippen molar-refractivity contribution in [1.82, 2.24) is 4.34 Å². The van der Waals surface area contributed by atoms with Gasteiger partial charge in [0.2, 0.25) is 0 Å². The van der Waals surface area contributed by atoms with Crippen LogP contribution in [0.25, 0.3) is 10.8 Å². The van der Waals surface area contributed by atoms with Crippen molar-refractivity contribution in [3.05, 3.63) is 48.0 Å². The molecule has 0 saturated heterocycles. The first-order valence-electron chi connectivity index (χ1n) is 4.22. The number of hydrogen-bond acceptors (Lipinski definition) is 1. The Bertz CT molecular complexity index is 406. The van der Waals surface area contributed by atoms with Gasteiger partial charge in [0.05, 0.1) is 0 Å². The van der Waals surface area contributed by atoms with Crippen molar-refractivity contribution in [3.8, 4) is 0 Å². The van der Waals surface area contributed by atoms with Gasteiger partial charge in [0, 0.05) is 22.7 Å². The Hall–Kier alpha value is -0.860. The Labute approximate surface area is 86.1 Å². The maximum absolute atomic E-state index is 3.22. The minimum absolute atomic E-state index is 0.849. The summed E-state index contributed by atoms with van der Waals surface area (Å²) in [4.78, 5) is 0. The summed E-state index contributed by atoms with van der Waals surface area (Å²) in [6, 6.07) is 14.8. The summed E-state index contributed by atoms with van der Waals surface area (Å²) in [5.74, 6) is 0. The molecule has 2 aromatic rings. The normalized spacial score (nSPS) is 10.5. The van der Waals surface area contributed by atoms with Crippen LogP contribution in [0.15, 0.2) is 42.5 Å². The second-order valence-electron chi connectivity index (χ2n) is 2.95. The Morgan fingerprint density at radius 2 is 1.77 bits per heavy atom. The molecule has 0 aliphatic heterocycles. The lowest BCUT2D eigenvalue weighted by Crippen LogP contribution is -1.97. The van der Waals surface area contributed by atoms with E-state index >= 15 is 0 Å². The average Bonchev–Trinajstić information content (AvgIpc) is 2.19. The molecule has 0 spiro atoms. The number of halogens is 1. The summed E-state index contributed by atoms with van der Waals surface area (Å²) in [5, 5.41) is 2.61. The standard InChI is InChI=1S/C11H10BrN/c12-13-8-10-6-3-5-9-4-1-2-7-11(9)10/h1-7,13H,8H2. The molecule has 0 heterocycles. The number of rotatable bonds is 2. The van der Waals surface area contributed by atoms with Crippen molar-refractivity contribution in [2.24, 2.45) is 0 Å². The van der Waals surface area contributed by atoms with E-state index in [1.54, 1.807) is 0 Å². The first kappa shape index (κ1) is 8.73. The summed E-state index contributed by atoms with van der Waals surface area (Å²) in [6.45, 7) is 0.849. The quantitative estimate of drug-likeness (QED) is 0.789. The molecule has 66 valence electrons. The molecule has 0 atom stereocenters. The maximum atomic E-state index is 3.22. The second-order valence-corrected chi connectivity index (χ2v) is 3.51. The van der Waals surface area contributed by atoms with Crippen LogP contribution < -0.4 is 4.34 Å². The molecule has 0 aliphatic rings. The van der Waals surface area contributed by atoms with E-state index in [9.17, 15) is 0 Å². The van der Waals surface area contributed by atoms with Gasteiger partial charge in [-0.15, -0.1) is 0 Å². The molecule has 0 amide bonds. The van der Waals surface area contributed by atoms with E-state index in [1.165, 1.54) is 16.3 Å². The summed E-state index contributed by atoms with van der Waals surface area (Å²) < 4.78 is 2.99. The molecular formula is C11H10BrN. The molecule has 1 nitrogen and oxygen atoms in total. The van der Waals surface area contributed by atoms with E-state index in [4.69, 9.17) is 0 Å². The van der Waals surface area contributed by atoms with Gasteiger partial charge in [-0.25, -0.2) is 0 Å². The van der Waals surface area contributed by atoms with Gasteiger partial charge in [0.1, 0.15) is 0 Å². The third-order valence-electron chi connectivity index (χ3n) is 2.14. The number of hydrogen-bond donors (Lipinski definition) is 1. The average molecular weight is 236 g/mol. The fraction of sp³-hybridized carbons (Fsp3) is 0.0909. The zero-order valence-corrected chi connectivity index (χ0v) is 8.71. The van der Waals surface area contributed by atoms with Crippen molar-refractivity contribution in [2.45, 2.75) is 6.54 Å². The van der Waals surface area contributed by atoms with Crippen LogP contribution in [0.5, 0.6) is 0 Å². The number of fused-ring (bicyclic) bond motifs is 1. The SMILES string of the molecule is BrNCc1cccc2ccccc12. The van der Waals surface area contributed by atoms with Crippen molar-refractivity contribution < 1.29 is 0 Å². The van der Waals surface area contributed by atoms with Crippen molar-refractivity contribution in [3.63, 3.8) is 0 Å². The monoisotopic (exact) mass is 235 g/mol. The predicted molar refractivity (Wildman–Crippen MR) is 59.7 cm³/mol. The van der Waals surface area contributed by atoms with Gasteiger partial charge in [-0.1, -0.05) is 42.5 Å². The number of benzene rings is 2. The van der Waals surface area contributed by atoms with Crippen molar-refractivity contribution in [2.75, 3.05) is 0 Å². The second kappa shape index (κ2) is 3.90. The van der Waals surface area contributed by atoms with Crippen LogP contribution in [0.4, 0.5) is 0 Å². The Morgan fingerprint density at radius 3 is 2.62 bits per heavy atom. The summed E-state index contributed by atoms with van der Waals surface area (Å²) >= 11 is 3.22. The van der Waals surface area contributed by atoms with Crippen LogP contribution in [0.1, 0.15) is 5.56 Å². The van der Waals surface area contributed by atoms with Crippen LogP contribution in [-0.2, 0) is 6.54 Å². The van der Waals surface area contributed by atoms with Gasteiger partial charge < -0.3 is 0 Å². The van der Waals surface area contributed by atoms with E-state index in [0.717, 1.165) is 6.54 Å². The molecule has 2 rings (SSSR count).